The van der Waals surface area contributed by atoms with Gasteiger partial charge in [-0.2, -0.15) is 0 Å². The maximum Gasteiger partial charge on any atom is 0.343 e. The number of anilines is 1. The predicted octanol–water partition coefficient (Wildman–Crippen LogP) is 2.90. The largest absolute Gasteiger partial charge is 0.462 e. The zero-order valence-electron chi connectivity index (χ0n) is 11.9. The lowest BCUT2D eigenvalue weighted by molar-refractivity contribution is 0.0525. The molecule has 0 aliphatic carbocycles. The van der Waals surface area contributed by atoms with Gasteiger partial charge in [-0.05, 0) is 26.5 Å². The fourth-order valence-corrected chi connectivity index (χ4v) is 2.01. The Labute approximate surface area is 118 Å². The molecule has 1 N–H and O–H groups in total. The van der Waals surface area contributed by atoms with E-state index in [4.69, 9.17) is 4.74 Å². The number of carbonyl (C=O) groups excluding carboxylic acids is 1. The molecule has 0 fully saturated rings. The average molecular weight is 283 g/mol. The molecule has 0 spiro atoms. The number of hydrogen-bond donors (Lipinski definition) is 1. The number of thioether (sulfide) groups is 1. The molecule has 1 aromatic rings. The molecule has 106 valence electrons. The van der Waals surface area contributed by atoms with Crippen molar-refractivity contribution >= 4 is 23.5 Å². The number of nitrogens with zero attached hydrogens (tertiary/aromatic N) is 2. The van der Waals surface area contributed by atoms with Crippen molar-refractivity contribution < 1.29 is 9.53 Å². The Morgan fingerprint density at radius 2 is 2.11 bits per heavy atom. The Morgan fingerprint density at radius 3 is 2.68 bits per heavy atom. The van der Waals surface area contributed by atoms with E-state index in [0.717, 1.165) is 19.4 Å². The summed E-state index contributed by atoms with van der Waals surface area (Å²) in [5.41, 5.74) is 1.09. The summed E-state index contributed by atoms with van der Waals surface area (Å²) in [6.45, 7) is 6.84. The third-order valence-corrected chi connectivity index (χ3v) is 3.10. The predicted molar refractivity (Wildman–Crippen MR) is 77.9 cm³/mol. The number of carbonyl (C=O) groups is 1. The molecule has 0 saturated heterocycles. The third kappa shape index (κ3) is 4.38. The van der Waals surface area contributed by atoms with E-state index in [2.05, 4.69) is 22.2 Å². The van der Waals surface area contributed by atoms with Gasteiger partial charge in [0, 0.05) is 6.54 Å². The summed E-state index contributed by atoms with van der Waals surface area (Å²) in [6.07, 6.45) is 4.02. The van der Waals surface area contributed by atoms with Gasteiger partial charge in [0.15, 0.2) is 5.16 Å². The van der Waals surface area contributed by atoms with Crippen LogP contribution in [-0.2, 0) is 4.74 Å². The normalized spacial score (nSPS) is 10.3. The van der Waals surface area contributed by atoms with Crippen LogP contribution in [0.3, 0.4) is 0 Å². The van der Waals surface area contributed by atoms with Crippen molar-refractivity contribution in [3.05, 3.63) is 11.3 Å². The van der Waals surface area contributed by atoms with E-state index >= 15 is 0 Å². The highest BCUT2D eigenvalue weighted by Crippen LogP contribution is 2.21. The number of aromatic nitrogens is 2. The first-order chi connectivity index (χ1) is 9.13. The highest BCUT2D eigenvalue weighted by Gasteiger charge is 2.19. The second-order valence-electron chi connectivity index (χ2n) is 4.02. The highest BCUT2D eigenvalue weighted by molar-refractivity contribution is 7.98. The van der Waals surface area contributed by atoms with Crippen molar-refractivity contribution in [1.29, 1.82) is 0 Å². The van der Waals surface area contributed by atoms with E-state index < -0.39 is 0 Å². The Balaban J connectivity index is 3.06. The Hall–Kier alpha value is -1.30. The zero-order chi connectivity index (χ0) is 14.3. The second-order valence-corrected chi connectivity index (χ2v) is 4.79. The fourth-order valence-electron chi connectivity index (χ4n) is 1.60. The van der Waals surface area contributed by atoms with Crippen molar-refractivity contribution in [1.82, 2.24) is 9.97 Å². The van der Waals surface area contributed by atoms with Crippen molar-refractivity contribution in [3.8, 4) is 0 Å². The van der Waals surface area contributed by atoms with Crippen LogP contribution in [0.2, 0.25) is 0 Å². The minimum atomic E-state index is -0.369. The number of nitrogens with one attached hydrogen (secondary N) is 1. The van der Waals surface area contributed by atoms with E-state index in [1.807, 2.05) is 6.26 Å². The smallest absolute Gasteiger partial charge is 0.343 e. The molecule has 0 unspecified atom stereocenters. The van der Waals surface area contributed by atoms with Gasteiger partial charge in [0.25, 0.3) is 0 Å². The summed E-state index contributed by atoms with van der Waals surface area (Å²) in [5.74, 6) is 0.204. The van der Waals surface area contributed by atoms with E-state index in [9.17, 15) is 4.79 Å². The average Bonchev–Trinajstić information content (AvgIpc) is 2.38. The third-order valence-electron chi connectivity index (χ3n) is 2.55. The van der Waals surface area contributed by atoms with Crippen molar-refractivity contribution in [2.24, 2.45) is 0 Å². The van der Waals surface area contributed by atoms with Gasteiger partial charge in [0.1, 0.15) is 11.4 Å². The minimum absolute atomic E-state index is 0.344. The fraction of sp³-hybridized carbons (Fsp3) is 0.615. The molecular formula is C13H21N3O2S. The lowest BCUT2D eigenvalue weighted by atomic mass is 10.2. The quantitative estimate of drug-likeness (QED) is 0.359. The van der Waals surface area contributed by atoms with E-state index in [1.54, 1.807) is 13.8 Å². The van der Waals surface area contributed by atoms with Crippen molar-refractivity contribution in [3.63, 3.8) is 0 Å². The lowest BCUT2D eigenvalue weighted by Crippen LogP contribution is -2.15. The standard InChI is InChI=1S/C13H21N3O2S/c1-5-7-8-14-11-10(12(17)18-6-2)9(3)15-13(16-11)19-4/h5-8H2,1-4H3,(H,14,15,16). The zero-order valence-corrected chi connectivity index (χ0v) is 12.8. The molecule has 19 heavy (non-hydrogen) atoms. The molecular weight excluding hydrogens is 262 g/mol. The first-order valence-corrected chi connectivity index (χ1v) is 7.70. The number of ether oxygens (including phenoxy) is 1. The van der Waals surface area contributed by atoms with Crippen molar-refractivity contribution in [2.45, 2.75) is 38.8 Å². The monoisotopic (exact) mass is 283 g/mol. The Bertz CT molecular complexity index is 438. The molecule has 1 heterocycles. The highest BCUT2D eigenvalue weighted by atomic mass is 32.2. The van der Waals surface area contributed by atoms with E-state index in [1.165, 1.54) is 11.8 Å². The minimum Gasteiger partial charge on any atom is -0.462 e. The van der Waals surface area contributed by atoms with Crippen LogP contribution in [0.5, 0.6) is 0 Å². The molecule has 0 saturated carbocycles. The number of hydrogen-bond acceptors (Lipinski definition) is 6. The van der Waals surface area contributed by atoms with Crippen LogP contribution < -0.4 is 5.32 Å². The summed E-state index contributed by atoms with van der Waals surface area (Å²) in [5, 5.41) is 3.86. The SMILES string of the molecule is CCCCNc1nc(SC)nc(C)c1C(=O)OCC. The molecule has 1 aromatic heterocycles. The van der Waals surface area contributed by atoms with E-state index in [0.29, 0.717) is 28.8 Å². The van der Waals surface area contributed by atoms with Gasteiger partial charge in [0.05, 0.1) is 12.3 Å². The van der Waals surface area contributed by atoms with Crippen LogP contribution in [-0.4, -0.2) is 35.3 Å². The summed E-state index contributed by atoms with van der Waals surface area (Å²) in [6, 6.07) is 0. The lowest BCUT2D eigenvalue weighted by Gasteiger charge is -2.13. The second kappa shape index (κ2) is 7.99. The maximum atomic E-state index is 12.0. The number of unbranched alkanes of at least 4 members (excludes halogenated alkanes) is 1. The summed E-state index contributed by atoms with van der Waals surface area (Å²) in [4.78, 5) is 20.6. The molecule has 5 nitrogen and oxygen atoms in total. The van der Waals surface area contributed by atoms with Gasteiger partial charge in [-0.3, -0.25) is 0 Å². The van der Waals surface area contributed by atoms with Crippen LogP contribution in [0.15, 0.2) is 5.16 Å². The Morgan fingerprint density at radius 1 is 1.37 bits per heavy atom. The van der Waals surface area contributed by atoms with Gasteiger partial charge in [-0.25, -0.2) is 14.8 Å². The van der Waals surface area contributed by atoms with Gasteiger partial charge in [0.2, 0.25) is 0 Å². The van der Waals surface area contributed by atoms with Gasteiger partial charge < -0.3 is 10.1 Å². The van der Waals surface area contributed by atoms with E-state index in [-0.39, 0.29) is 5.97 Å². The van der Waals surface area contributed by atoms with Gasteiger partial charge in [-0.15, -0.1) is 0 Å². The summed E-state index contributed by atoms with van der Waals surface area (Å²) >= 11 is 1.46. The molecule has 0 radical (unpaired) electrons. The molecule has 0 aliphatic rings. The molecule has 0 aliphatic heterocycles. The molecule has 0 atom stereocenters. The molecule has 0 aromatic carbocycles. The van der Waals surface area contributed by atoms with Crippen molar-refractivity contribution in [2.75, 3.05) is 24.7 Å². The van der Waals surface area contributed by atoms with Crippen LogP contribution in [0.1, 0.15) is 42.7 Å². The Kier molecular flexibility index (Phi) is 6.62. The van der Waals surface area contributed by atoms with Crippen LogP contribution in [0.4, 0.5) is 5.82 Å². The maximum absolute atomic E-state index is 12.0. The van der Waals surface area contributed by atoms with Crippen LogP contribution in [0, 0.1) is 6.92 Å². The molecule has 0 amide bonds. The summed E-state index contributed by atoms with van der Waals surface area (Å²) in [7, 11) is 0. The molecule has 0 bridgehead atoms. The number of esters is 1. The number of rotatable bonds is 7. The van der Waals surface area contributed by atoms with Gasteiger partial charge in [-0.1, -0.05) is 25.1 Å². The van der Waals surface area contributed by atoms with Gasteiger partial charge >= 0.3 is 5.97 Å². The molecule has 1 rings (SSSR count). The first kappa shape index (κ1) is 15.8. The van der Waals surface area contributed by atoms with Crippen LogP contribution in [0.25, 0.3) is 0 Å². The number of aryl methyl sites for hydroxylation is 1. The topological polar surface area (TPSA) is 64.1 Å². The molecule has 6 heteroatoms. The van der Waals surface area contributed by atoms with Crippen LogP contribution >= 0.6 is 11.8 Å². The summed E-state index contributed by atoms with van der Waals surface area (Å²) < 4.78 is 5.06. The first-order valence-electron chi connectivity index (χ1n) is 6.47.